The van der Waals surface area contributed by atoms with Crippen LogP contribution in [0.25, 0.3) is 0 Å². The highest BCUT2D eigenvalue weighted by Crippen LogP contribution is 2.00. The van der Waals surface area contributed by atoms with Crippen molar-refractivity contribution in [2.24, 2.45) is 0 Å². The third kappa shape index (κ3) is 6.32. The average molecular weight is 204 g/mol. The van der Waals surface area contributed by atoms with Gasteiger partial charge in [-0.3, -0.25) is 0 Å². The molecule has 0 aliphatic rings. The Morgan fingerprint density at radius 2 is 1.07 bits per heavy atom. The summed E-state index contributed by atoms with van der Waals surface area (Å²) in [6.07, 6.45) is 0. The van der Waals surface area contributed by atoms with Crippen molar-refractivity contribution < 1.29 is 10.2 Å². The zero-order valence-corrected chi connectivity index (χ0v) is 9.72. The van der Waals surface area contributed by atoms with Gasteiger partial charge in [0.1, 0.15) is 0 Å². The Kier molecular flexibility index (Phi) is 5.59. The molecule has 0 aromatic heterocycles. The van der Waals surface area contributed by atoms with Gasteiger partial charge in [-0.05, 0) is 27.7 Å². The Hall–Kier alpha value is -0.160. The highest BCUT2D eigenvalue weighted by atomic mass is 16.3. The highest BCUT2D eigenvalue weighted by molar-refractivity contribution is 4.79. The van der Waals surface area contributed by atoms with E-state index in [1.165, 1.54) is 0 Å². The SMILES string of the molecule is CC(C)(CO)NCCNC(C)(C)CO. The number of aliphatic hydroxyl groups excluding tert-OH is 2. The van der Waals surface area contributed by atoms with Crippen LogP contribution in [0.1, 0.15) is 27.7 Å². The molecule has 0 saturated carbocycles. The second-order valence-electron chi connectivity index (χ2n) is 4.94. The molecular formula is C10H24N2O2. The van der Waals surface area contributed by atoms with Gasteiger partial charge in [-0.25, -0.2) is 0 Å². The van der Waals surface area contributed by atoms with Gasteiger partial charge >= 0.3 is 0 Å². The van der Waals surface area contributed by atoms with Gasteiger partial charge in [0.05, 0.1) is 13.2 Å². The maximum Gasteiger partial charge on any atom is 0.0607 e. The predicted molar refractivity (Wildman–Crippen MR) is 58.3 cm³/mol. The highest BCUT2D eigenvalue weighted by Gasteiger charge is 2.17. The largest absolute Gasteiger partial charge is 0.394 e. The fourth-order valence-corrected chi connectivity index (χ4v) is 0.914. The van der Waals surface area contributed by atoms with Crippen LogP contribution in [0.5, 0.6) is 0 Å². The standard InChI is InChI=1S/C10H24N2O2/c1-9(2,7-13)11-5-6-12-10(3,4)8-14/h11-14H,5-8H2,1-4H3. The first-order valence-corrected chi connectivity index (χ1v) is 5.05. The molecule has 0 atom stereocenters. The molecule has 86 valence electrons. The molecular weight excluding hydrogens is 180 g/mol. The molecule has 0 bridgehead atoms. The van der Waals surface area contributed by atoms with Crippen molar-refractivity contribution in [3.05, 3.63) is 0 Å². The zero-order valence-electron chi connectivity index (χ0n) is 9.72. The van der Waals surface area contributed by atoms with E-state index in [0.29, 0.717) is 0 Å². The number of aliphatic hydroxyl groups is 2. The summed E-state index contributed by atoms with van der Waals surface area (Å²) < 4.78 is 0. The van der Waals surface area contributed by atoms with Crippen LogP contribution in [-0.4, -0.2) is 47.6 Å². The van der Waals surface area contributed by atoms with E-state index in [4.69, 9.17) is 10.2 Å². The molecule has 0 unspecified atom stereocenters. The Bertz CT molecular complexity index is 140. The van der Waals surface area contributed by atoms with Crippen LogP contribution in [0.2, 0.25) is 0 Å². The van der Waals surface area contributed by atoms with Crippen LogP contribution in [0, 0.1) is 0 Å². The first-order valence-electron chi connectivity index (χ1n) is 5.05. The Morgan fingerprint density at radius 3 is 1.29 bits per heavy atom. The van der Waals surface area contributed by atoms with Crippen molar-refractivity contribution in [1.29, 1.82) is 0 Å². The molecule has 0 aliphatic carbocycles. The molecule has 0 heterocycles. The quantitative estimate of drug-likeness (QED) is 0.430. The molecule has 0 amide bonds. The summed E-state index contributed by atoms with van der Waals surface area (Å²) in [4.78, 5) is 0. The van der Waals surface area contributed by atoms with Crippen molar-refractivity contribution in [3.8, 4) is 0 Å². The smallest absolute Gasteiger partial charge is 0.0607 e. The van der Waals surface area contributed by atoms with Crippen molar-refractivity contribution in [2.45, 2.75) is 38.8 Å². The molecule has 0 spiro atoms. The molecule has 4 nitrogen and oxygen atoms in total. The van der Waals surface area contributed by atoms with E-state index in [-0.39, 0.29) is 24.3 Å². The van der Waals surface area contributed by atoms with Crippen LogP contribution in [-0.2, 0) is 0 Å². The second-order valence-corrected chi connectivity index (χ2v) is 4.94. The molecule has 0 aromatic rings. The van der Waals surface area contributed by atoms with Crippen LogP contribution in [0.3, 0.4) is 0 Å². The predicted octanol–water partition coefficient (Wildman–Crippen LogP) is -0.293. The third-order valence-electron chi connectivity index (χ3n) is 2.12. The summed E-state index contributed by atoms with van der Waals surface area (Å²) in [5, 5.41) is 24.4. The van der Waals surface area contributed by atoms with Gasteiger partial charge in [0.25, 0.3) is 0 Å². The van der Waals surface area contributed by atoms with Gasteiger partial charge in [-0.15, -0.1) is 0 Å². The minimum absolute atomic E-state index is 0.121. The van der Waals surface area contributed by atoms with Gasteiger partial charge < -0.3 is 20.8 Å². The lowest BCUT2D eigenvalue weighted by Crippen LogP contribution is -2.49. The Balaban J connectivity index is 3.57. The molecule has 0 rings (SSSR count). The molecule has 0 aliphatic heterocycles. The number of hydrogen-bond donors (Lipinski definition) is 4. The van der Waals surface area contributed by atoms with E-state index in [9.17, 15) is 0 Å². The molecule has 0 saturated heterocycles. The summed E-state index contributed by atoms with van der Waals surface area (Å²) in [6.45, 7) is 9.59. The van der Waals surface area contributed by atoms with Crippen LogP contribution in [0.4, 0.5) is 0 Å². The summed E-state index contributed by atoms with van der Waals surface area (Å²) in [7, 11) is 0. The summed E-state index contributed by atoms with van der Waals surface area (Å²) in [5.41, 5.74) is -0.462. The van der Waals surface area contributed by atoms with E-state index in [0.717, 1.165) is 13.1 Å². The first-order chi connectivity index (χ1) is 6.33. The van der Waals surface area contributed by atoms with Crippen LogP contribution < -0.4 is 10.6 Å². The lowest BCUT2D eigenvalue weighted by atomic mass is 10.1. The summed E-state index contributed by atoms with van der Waals surface area (Å²) in [5.74, 6) is 0. The van der Waals surface area contributed by atoms with Crippen molar-refractivity contribution >= 4 is 0 Å². The summed E-state index contributed by atoms with van der Waals surface area (Å²) in [6, 6.07) is 0. The third-order valence-corrected chi connectivity index (χ3v) is 2.12. The van der Waals surface area contributed by atoms with E-state index < -0.39 is 0 Å². The molecule has 14 heavy (non-hydrogen) atoms. The van der Waals surface area contributed by atoms with Gasteiger partial charge in [-0.2, -0.15) is 0 Å². The normalized spacial score (nSPS) is 13.3. The minimum atomic E-state index is -0.231. The molecule has 4 heteroatoms. The van der Waals surface area contributed by atoms with E-state index in [1.807, 2.05) is 27.7 Å². The van der Waals surface area contributed by atoms with Crippen molar-refractivity contribution in [3.63, 3.8) is 0 Å². The monoisotopic (exact) mass is 204 g/mol. The van der Waals surface area contributed by atoms with Gasteiger partial charge in [0, 0.05) is 24.2 Å². The number of rotatable bonds is 7. The van der Waals surface area contributed by atoms with Crippen LogP contribution >= 0.6 is 0 Å². The fraction of sp³-hybridized carbons (Fsp3) is 1.00. The van der Waals surface area contributed by atoms with Gasteiger partial charge in [0.15, 0.2) is 0 Å². The Labute approximate surface area is 86.7 Å². The van der Waals surface area contributed by atoms with Crippen molar-refractivity contribution in [2.75, 3.05) is 26.3 Å². The maximum atomic E-state index is 8.98. The Morgan fingerprint density at radius 1 is 0.786 bits per heavy atom. The fourth-order valence-electron chi connectivity index (χ4n) is 0.914. The topological polar surface area (TPSA) is 64.5 Å². The lowest BCUT2D eigenvalue weighted by molar-refractivity contribution is 0.176. The second kappa shape index (κ2) is 5.66. The van der Waals surface area contributed by atoms with E-state index >= 15 is 0 Å². The van der Waals surface area contributed by atoms with Crippen LogP contribution in [0.15, 0.2) is 0 Å². The molecule has 0 radical (unpaired) electrons. The van der Waals surface area contributed by atoms with Crippen molar-refractivity contribution in [1.82, 2.24) is 10.6 Å². The minimum Gasteiger partial charge on any atom is -0.394 e. The maximum absolute atomic E-state index is 8.98. The van der Waals surface area contributed by atoms with Gasteiger partial charge in [0.2, 0.25) is 0 Å². The molecule has 0 aromatic carbocycles. The lowest BCUT2D eigenvalue weighted by Gasteiger charge is -2.27. The average Bonchev–Trinajstić information content (AvgIpc) is 2.13. The number of nitrogens with one attached hydrogen (secondary N) is 2. The zero-order chi connectivity index (χ0) is 11.2. The van der Waals surface area contributed by atoms with Gasteiger partial charge in [-0.1, -0.05) is 0 Å². The molecule has 0 fully saturated rings. The van der Waals surface area contributed by atoms with E-state index in [1.54, 1.807) is 0 Å². The first kappa shape index (κ1) is 13.8. The summed E-state index contributed by atoms with van der Waals surface area (Å²) >= 11 is 0. The van der Waals surface area contributed by atoms with E-state index in [2.05, 4.69) is 10.6 Å². The number of hydrogen-bond acceptors (Lipinski definition) is 4. The molecule has 4 N–H and O–H groups in total.